The summed E-state index contributed by atoms with van der Waals surface area (Å²) in [6.07, 6.45) is -0.110. The van der Waals surface area contributed by atoms with Gasteiger partial charge in [-0.3, -0.25) is 9.59 Å². The number of nitrogens with zero attached hydrogens (tertiary/aromatic N) is 2. The highest BCUT2D eigenvalue weighted by atomic mass is 16.3. The van der Waals surface area contributed by atoms with Crippen LogP contribution in [0.2, 0.25) is 0 Å². The van der Waals surface area contributed by atoms with Crippen LogP contribution >= 0.6 is 0 Å². The highest BCUT2D eigenvalue weighted by Gasteiger charge is 2.35. The minimum Gasteiger partial charge on any atom is -0.390 e. The van der Waals surface area contributed by atoms with E-state index in [0.717, 1.165) is 22.4 Å². The van der Waals surface area contributed by atoms with Gasteiger partial charge in [0.15, 0.2) is 0 Å². The van der Waals surface area contributed by atoms with Gasteiger partial charge in [-0.15, -0.1) is 0 Å². The summed E-state index contributed by atoms with van der Waals surface area (Å²) in [5, 5.41) is 17.5. The van der Waals surface area contributed by atoms with E-state index in [4.69, 9.17) is 0 Å². The molecule has 1 heterocycles. The number of amides is 2. The predicted molar refractivity (Wildman–Crippen MR) is 151 cm³/mol. The van der Waals surface area contributed by atoms with Gasteiger partial charge in [0.05, 0.1) is 18.1 Å². The fourth-order valence-electron chi connectivity index (χ4n) is 4.81. The second-order valence-electron chi connectivity index (χ2n) is 10.2. The zero-order chi connectivity index (χ0) is 26.9. The Hall–Kier alpha value is -3.68. The quantitative estimate of drug-likeness (QED) is 0.346. The molecule has 0 bridgehead atoms. The summed E-state index contributed by atoms with van der Waals surface area (Å²) in [4.78, 5) is 29.7. The Kier molecular flexibility index (Phi) is 9.51. The molecular formula is C31H38N4O3. The van der Waals surface area contributed by atoms with Crippen LogP contribution < -0.4 is 15.5 Å². The Balaban J connectivity index is 1.36. The second-order valence-corrected chi connectivity index (χ2v) is 10.2. The largest absolute Gasteiger partial charge is 0.390 e. The smallest absolute Gasteiger partial charge is 0.225 e. The van der Waals surface area contributed by atoms with E-state index in [2.05, 4.69) is 27.7 Å². The third-order valence-corrected chi connectivity index (χ3v) is 7.00. The molecule has 0 spiro atoms. The van der Waals surface area contributed by atoms with Crippen molar-refractivity contribution < 1.29 is 14.7 Å². The highest BCUT2D eigenvalue weighted by molar-refractivity contribution is 5.89. The fourth-order valence-corrected chi connectivity index (χ4v) is 4.81. The summed E-state index contributed by atoms with van der Waals surface area (Å²) in [6, 6.07) is 27.4. The van der Waals surface area contributed by atoms with Crippen molar-refractivity contribution in [3.8, 4) is 0 Å². The number of aliphatic hydroxyl groups excluding tert-OH is 1. The molecule has 1 aliphatic rings. The predicted octanol–water partition coefficient (Wildman–Crippen LogP) is 2.98. The first-order valence-electron chi connectivity index (χ1n) is 13.2. The molecule has 0 saturated carbocycles. The van der Waals surface area contributed by atoms with E-state index in [1.54, 1.807) is 4.90 Å². The summed E-state index contributed by atoms with van der Waals surface area (Å²) >= 11 is 0. The maximum atomic E-state index is 13.3. The van der Waals surface area contributed by atoms with Crippen LogP contribution in [0.3, 0.4) is 0 Å². The molecule has 200 valence electrons. The van der Waals surface area contributed by atoms with E-state index in [9.17, 15) is 14.7 Å². The highest BCUT2D eigenvalue weighted by Crippen LogP contribution is 2.21. The molecule has 0 aromatic heterocycles. The van der Waals surface area contributed by atoms with E-state index in [0.29, 0.717) is 32.6 Å². The minimum atomic E-state index is -0.797. The zero-order valence-corrected chi connectivity index (χ0v) is 22.2. The van der Waals surface area contributed by atoms with Crippen molar-refractivity contribution in [2.75, 3.05) is 32.1 Å². The Morgan fingerprint density at radius 1 is 0.974 bits per heavy atom. The van der Waals surface area contributed by atoms with E-state index in [1.807, 2.05) is 86.9 Å². The van der Waals surface area contributed by atoms with E-state index < -0.39 is 18.1 Å². The second kappa shape index (κ2) is 13.2. The summed E-state index contributed by atoms with van der Waals surface area (Å²) in [6.45, 7) is 1.82. The van der Waals surface area contributed by atoms with Crippen molar-refractivity contribution in [3.63, 3.8) is 0 Å². The molecule has 1 fully saturated rings. The molecule has 4 rings (SSSR count). The molecule has 7 nitrogen and oxygen atoms in total. The first-order chi connectivity index (χ1) is 18.4. The van der Waals surface area contributed by atoms with Gasteiger partial charge in [0.25, 0.3) is 0 Å². The van der Waals surface area contributed by atoms with Gasteiger partial charge in [-0.25, -0.2) is 0 Å². The molecule has 2 amide bonds. The number of carbonyl (C=O) groups excluding carboxylic acids is 2. The molecule has 3 aromatic carbocycles. The number of anilines is 1. The van der Waals surface area contributed by atoms with Gasteiger partial charge in [-0.2, -0.15) is 0 Å². The van der Waals surface area contributed by atoms with Crippen LogP contribution in [0, 0.1) is 5.92 Å². The first-order valence-corrected chi connectivity index (χ1v) is 13.2. The number of carbonyl (C=O) groups is 2. The summed E-state index contributed by atoms with van der Waals surface area (Å²) < 4.78 is 0. The van der Waals surface area contributed by atoms with Crippen LogP contribution in [0.1, 0.15) is 23.1 Å². The topological polar surface area (TPSA) is 84.9 Å². The van der Waals surface area contributed by atoms with Crippen LogP contribution in [0.4, 0.5) is 5.69 Å². The molecule has 38 heavy (non-hydrogen) atoms. The fraction of sp³-hybridized carbons (Fsp3) is 0.355. The molecule has 3 N–H and O–H groups in total. The lowest BCUT2D eigenvalue weighted by Crippen LogP contribution is -2.50. The lowest BCUT2D eigenvalue weighted by atomic mass is 9.99. The normalized spacial score (nSPS) is 16.8. The van der Waals surface area contributed by atoms with Gasteiger partial charge in [0.2, 0.25) is 11.8 Å². The van der Waals surface area contributed by atoms with Crippen molar-refractivity contribution >= 4 is 17.5 Å². The average molecular weight is 515 g/mol. The Morgan fingerprint density at radius 2 is 1.63 bits per heavy atom. The van der Waals surface area contributed by atoms with Crippen molar-refractivity contribution in [2.45, 2.75) is 38.1 Å². The Morgan fingerprint density at radius 3 is 2.32 bits per heavy atom. The van der Waals surface area contributed by atoms with Crippen molar-refractivity contribution in [1.29, 1.82) is 0 Å². The molecular weight excluding hydrogens is 476 g/mol. The van der Waals surface area contributed by atoms with Gasteiger partial charge in [0, 0.05) is 52.4 Å². The van der Waals surface area contributed by atoms with Crippen LogP contribution in [0.5, 0.6) is 0 Å². The van der Waals surface area contributed by atoms with E-state index >= 15 is 0 Å². The molecule has 1 saturated heterocycles. The van der Waals surface area contributed by atoms with Gasteiger partial charge in [-0.05, 0) is 35.2 Å². The summed E-state index contributed by atoms with van der Waals surface area (Å²) in [5.74, 6) is -0.637. The van der Waals surface area contributed by atoms with Crippen molar-refractivity contribution in [2.24, 2.45) is 5.92 Å². The minimum absolute atomic E-state index is 0.0178. The maximum Gasteiger partial charge on any atom is 0.225 e. The molecule has 7 heteroatoms. The SMILES string of the molecule is CN(C)c1cccc(CNC[C@@H](O)[C@H](Cc2ccccc2)NC(=O)[C@H]2CC(=O)N(Cc3ccccc3)C2)c1. The van der Waals surface area contributed by atoms with Crippen molar-refractivity contribution in [1.82, 2.24) is 15.5 Å². The van der Waals surface area contributed by atoms with Gasteiger partial charge in [-0.1, -0.05) is 72.8 Å². The first kappa shape index (κ1) is 27.4. The Bertz CT molecular complexity index is 1190. The van der Waals surface area contributed by atoms with Crippen molar-refractivity contribution in [3.05, 3.63) is 102 Å². The van der Waals surface area contributed by atoms with Gasteiger partial charge in [0.1, 0.15) is 0 Å². The molecule has 3 atom stereocenters. The van der Waals surface area contributed by atoms with E-state index in [1.165, 1.54) is 0 Å². The molecule has 3 aromatic rings. The van der Waals surface area contributed by atoms with Crippen LogP contribution in [-0.4, -0.2) is 61.2 Å². The lowest BCUT2D eigenvalue weighted by Gasteiger charge is -2.26. The number of benzene rings is 3. The van der Waals surface area contributed by atoms with Crippen LogP contribution in [-0.2, 0) is 29.1 Å². The zero-order valence-electron chi connectivity index (χ0n) is 22.2. The van der Waals surface area contributed by atoms with Gasteiger partial charge >= 0.3 is 0 Å². The number of rotatable bonds is 12. The number of nitrogens with one attached hydrogen (secondary N) is 2. The van der Waals surface area contributed by atoms with E-state index in [-0.39, 0.29) is 18.2 Å². The molecule has 0 radical (unpaired) electrons. The maximum absolute atomic E-state index is 13.3. The molecule has 0 aliphatic carbocycles. The number of aliphatic hydroxyl groups is 1. The standard InChI is InChI=1S/C31H38N4O3/c1-34(2)27-15-9-14-25(16-27)19-32-20-29(36)28(17-23-10-5-3-6-11-23)33-31(38)26-18-30(37)35(22-26)21-24-12-7-4-8-13-24/h3-16,26,28-29,32,36H,17-22H2,1-2H3,(H,33,38)/t26-,28-,29+/m0/s1. The average Bonchev–Trinajstić information content (AvgIpc) is 3.29. The van der Waals surface area contributed by atoms with Crippen LogP contribution in [0.15, 0.2) is 84.9 Å². The summed E-state index contributed by atoms with van der Waals surface area (Å²) in [7, 11) is 4.01. The number of hydrogen-bond acceptors (Lipinski definition) is 5. The summed E-state index contributed by atoms with van der Waals surface area (Å²) in [5.41, 5.74) is 4.31. The molecule has 1 aliphatic heterocycles. The van der Waals surface area contributed by atoms with Crippen LogP contribution in [0.25, 0.3) is 0 Å². The monoisotopic (exact) mass is 514 g/mol. The Labute approximate surface area is 225 Å². The third kappa shape index (κ3) is 7.66. The number of likely N-dealkylation sites (tertiary alicyclic amines) is 1. The third-order valence-electron chi connectivity index (χ3n) is 7.00. The van der Waals surface area contributed by atoms with Gasteiger partial charge < -0.3 is 25.5 Å². The lowest BCUT2D eigenvalue weighted by molar-refractivity contribution is -0.129. The number of hydrogen-bond donors (Lipinski definition) is 3. The molecule has 0 unspecified atom stereocenters.